The molecular weight excluding hydrogens is 344 g/mol. The number of benzene rings is 2. The third-order valence-electron chi connectivity index (χ3n) is 3.61. The van der Waals surface area contributed by atoms with Crippen LogP contribution in [0.2, 0.25) is 0 Å². The molecule has 0 heterocycles. The second kappa shape index (κ2) is 7.43. The number of hydrogen-bond acceptors (Lipinski definition) is 5. The van der Waals surface area contributed by atoms with E-state index < -0.39 is 20.7 Å². The first-order valence-electron chi connectivity index (χ1n) is 7.64. The Labute approximate surface area is 145 Å². The molecule has 132 valence electrons. The van der Waals surface area contributed by atoms with Gasteiger partial charge in [0, 0.05) is 17.8 Å². The van der Waals surface area contributed by atoms with Crippen LogP contribution in [0.1, 0.15) is 29.3 Å². The van der Waals surface area contributed by atoms with E-state index in [1.54, 1.807) is 26.0 Å². The molecule has 0 radical (unpaired) electrons. The summed E-state index contributed by atoms with van der Waals surface area (Å²) >= 11 is 0. The highest BCUT2D eigenvalue weighted by Gasteiger charge is 2.22. The van der Waals surface area contributed by atoms with Crippen LogP contribution in [0.15, 0.2) is 47.4 Å². The van der Waals surface area contributed by atoms with Gasteiger partial charge in [-0.2, -0.15) is 0 Å². The number of nitro benzene ring substituents is 1. The van der Waals surface area contributed by atoms with E-state index in [0.29, 0.717) is 17.7 Å². The Bertz CT molecular complexity index is 922. The predicted octanol–water partition coefficient (Wildman–Crippen LogP) is 3.34. The maximum atomic E-state index is 12.5. The van der Waals surface area contributed by atoms with Crippen molar-refractivity contribution in [2.24, 2.45) is 0 Å². The average Bonchev–Trinajstić information content (AvgIpc) is 2.56. The van der Waals surface area contributed by atoms with Gasteiger partial charge in [-0.05, 0) is 37.1 Å². The fraction of sp³-hybridized carbons (Fsp3) is 0.235. The highest BCUT2D eigenvalue weighted by molar-refractivity contribution is 7.91. The molecule has 0 aromatic heterocycles. The number of nitrogens with zero attached hydrogens (tertiary/aromatic N) is 1. The summed E-state index contributed by atoms with van der Waals surface area (Å²) in [7, 11) is -3.56. The summed E-state index contributed by atoms with van der Waals surface area (Å²) in [6.07, 6.45) is 0.444. The van der Waals surface area contributed by atoms with Gasteiger partial charge in [0.15, 0.2) is 9.84 Å². The van der Waals surface area contributed by atoms with Gasteiger partial charge in [0.2, 0.25) is 0 Å². The minimum absolute atomic E-state index is 0.0195. The van der Waals surface area contributed by atoms with Crippen molar-refractivity contribution in [3.63, 3.8) is 0 Å². The normalized spacial score (nSPS) is 11.1. The first-order valence-corrected chi connectivity index (χ1v) is 9.29. The van der Waals surface area contributed by atoms with Crippen LogP contribution in [-0.4, -0.2) is 25.0 Å². The summed E-state index contributed by atoms with van der Waals surface area (Å²) in [5.74, 6) is -0.624. The molecule has 0 fully saturated rings. The number of amides is 1. The number of carbonyl (C=O) groups excluding carboxylic acids is 1. The Balaban J connectivity index is 2.36. The van der Waals surface area contributed by atoms with Gasteiger partial charge in [0.25, 0.3) is 11.6 Å². The zero-order chi connectivity index (χ0) is 18.6. The van der Waals surface area contributed by atoms with E-state index in [1.807, 2.05) is 0 Å². The van der Waals surface area contributed by atoms with Crippen LogP contribution in [0.5, 0.6) is 0 Å². The summed E-state index contributed by atoms with van der Waals surface area (Å²) in [4.78, 5) is 22.8. The zero-order valence-electron chi connectivity index (χ0n) is 13.9. The number of hydrogen-bond donors (Lipinski definition) is 1. The summed E-state index contributed by atoms with van der Waals surface area (Å²) in [6, 6.07) is 10.0. The zero-order valence-corrected chi connectivity index (χ0v) is 14.7. The van der Waals surface area contributed by atoms with Crippen LogP contribution in [0.4, 0.5) is 11.4 Å². The first kappa shape index (κ1) is 18.6. The number of non-ortho nitro benzene ring substituents is 1. The lowest BCUT2D eigenvalue weighted by Crippen LogP contribution is -2.18. The molecule has 25 heavy (non-hydrogen) atoms. The van der Waals surface area contributed by atoms with Crippen LogP contribution in [0.25, 0.3) is 0 Å². The molecule has 0 bridgehead atoms. The molecule has 0 saturated carbocycles. The third kappa shape index (κ3) is 4.21. The van der Waals surface area contributed by atoms with E-state index in [4.69, 9.17) is 0 Å². The van der Waals surface area contributed by atoms with Crippen LogP contribution in [0.3, 0.4) is 0 Å². The van der Waals surface area contributed by atoms with Gasteiger partial charge in [-0.25, -0.2) is 8.42 Å². The maximum Gasteiger partial charge on any atom is 0.269 e. The standard InChI is InChI=1S/C17H18N2O5S/c1-3-10-25(23,24)16-7-5-4-6-14(16)17(20)18-15-9-8-13(19(21)22)11-12(15)2/h4-9,11H,3,10H2,1-2H3,(H,18,20). The minimum Gasteiger partial charge on any atom is -0.322 e. The Morgan fingerprint density at radius 1 is 1.20 bits per heavy atom. The lowest BCUT2D eigenvalue weighted by Gasteiger charge is -2.12. The second-order valence-corrected chi connectivity index (χ2v) is 7.60. The van der Waals surface area contributed by atoms with E-state index >= 15 is 0 Å². The molecular formula is C17H18N2O5S. The number of anilines is 1. The fourth-order valence-electron chi connectivity index (χ4n) is 2.40. The van der Waals surface area contributed by atoms with Crippen molar-refractivity contribution in [3.05, 3.63) is 63.7 Å². The van der Waals surface area contributed by atoms with Crippen LogP contribution in [0, 0.1) is 17.0 Å². The second-order valence-electron chi connectivity index (χ2n) is 5.53. The predicted molar refractivity (Wildman–Crippen MR) is 94.6 cm³/mol. The molecule has 2 rings (SSSR count). The van der Waals surface area contributed by atoms with Gasteiger partial charge in [-0.15, -0.1) is 0 Å². The van der Waals surface area contributed by atoms with Crippen molar-refractivity contribution in [1.82, 2.24) is 0 Å². The first-order chi connectivity index (χ1) is 11.8. The SMILES string of the molecule is CCCS(=O)(=O)c1ccccc1C(=O)Nc1ccc([N+](=O)[O-])cc1C. The lowest BCUT2D eigenvalue weighted by atomic mass is 10.1. The van der Waals surface area contributed by atoms with Crippen molar-refractivity contribution in [2.75, 3.05) is 11.1 Å². The van der Waals surface area contributed by atoms with Gasteiger partial charge in [0.05, 0.1) is 21.1 Å². The molecule has 1 amide bonds. The molecule has 7 nitrogen and oxygen atoms in total. The summed E-state index contributed by atoms with van der Waals surface area (Å²) in [6.45, 7) is 3.38. The lowest BCUT2D eigenvalue weighted by molar-refractivity contribution is -0.384. The number of sulfone groups is 1. The van der Waals surface area contributed by atoms with Crippen molar-refractivity contribution in [1.29, 1.82) is 0 Å². The number of nitro groups is 1. The monoisotopic (exact) mass is 362 g/mol. The minimum atomic E-state index is -3.56. The van der Waals surface area contributed by atoms with Crippen LogP contribution < -0.4 is 5.32 Å². The Morgan fingerprint density at radius 2 is 1.88 bits per heavy atom. The maximum absolute atomic E-state index is 12.5. The van der Waals surface area contributed by atoms with E-state index in [1.165, 1.54) is 30.3 Å². The highest BCUT2D eigenvalue weighted by atomic mass is 32.2. The third-order valence-corrected chi connectivity index (χ3v) is 5.58. The largest absolute Gasteiger partial charge is 0.322 e. The molecule has 0 saturated heterocycles. The molecule has 1 N–H and O–H groups in total. The van der Waals surface area contributed by atoms with E-state index in [2.05, 4.69) is 5.32 Å². The van der Waals surface area contributed by atoms with Crippen molar-refractivity contribution >= 4 is 27.1 Å². The van der Waals surface area contributed by atoms with Crippen LogP contribution in [-0.2, 0) is 9.84 Å². The number of nitrogens with one attached hydrogen (secondary N) is 1. The van der Waals surface area contributed by atoms with Gasteiger partial charge >= 0.3 is 0 Å². The Hall–Kier alpha value is -2.74. The summed E-state index contributed by atoms with van der Waals surface area (Å²) in [5, 5.41) is 13.4. The average molecular weight is 362 g/mol. The molecule has 8 heteroatoms. The Kier molecular flexibility index (Phi) is 5.53. The molecule has 0 unspecified atom stereocenters. The molecule has 0 atom stereocenters. The van der Waals surface area contributed by atoms with Gasteiger partial charge in [-0.3, -0.25) is 14.9 Å². The molecule has 0 spiro atoms. The van der Waals surface area contributed by atoms with Crippen molar-refractivity contribution < 1.29 is 18.1 Å². The van der Waals surface area contributed by atoms with Crippen molar-refractivity contribution in [3.8, 4) is 0 Å². The van der Waals surface area contributed by atoms with E-state index in [-0.39, 0.29) is 21.9 Å². The topological polar surface area (TPSA) is 106 Å². The van der Waals surface area contributed by atoms with Gasteiger partial charge in [-0.1, -0.05) is 19.1 Å². The quantitative estimate of drug-likeness (QED) is 0.626. The number of carbonyl (C=O) groups is 1. The molecule has 2 aromatic carbocycles. The van der Waals surface area contributed by atoms with Crippen LogP contribution >= 0.6 is 0 Å². The smallest absolute Gasteiger partial charge is 0.269 e. The van der Waals surface area contributed by atoms with E-state index in [9.17, 15) is 23.3 Å². The number of aryl methyl sites for hydroxylation is 1. The highest BCUT2D eigenvalue weighted by Crippen LogP contribution is 2.23. The molecule has 0 aliphatic rings. The summed E-state index contributed by atoms with van der Waals surface area (Å²) in [5.41, 5.74) is 0.866. The number of rotatable bonds is 6. The molecule has 0 aliphatic carbocycles. The van der Waals surface area contributed by atoms with Gasteiger partial charge in [0.1, 0.15) is 0 Å². The van der Waals surface area contributed by atoms with Crippen molar-refractivity contribution in [2.45, 2.75) is 25.2 Å². The fourth-order valence-corrected chi connectivity index (χ4v) is 3.93. The van der Waals surface area contributed by atoms with Gasteiger partial charge < -0.3 is 5.32 Å². The van der Waals surface area contributed by atoms with E-state index in [0.717, 1.165) is 0 Å². The Morgan fingerprint density at radius 3 is 2.48 bits per heavy atom. The molecule has 0 aliphatic heterocycles. The molecule has 2 aromatic rings. The summed E-state index contributed by atoms with van der Waals surface area (Å²) < 4.78 is 24.7.